The smallest absolute Gasteiger partial charge is 0.353 e. The standard InChI is InChI=1S/C28H18Cl2F3N3O/c29-22-11-5-16(13-23(22)30)6-12-25(37)34-15-19-14-21-20-3-1-2-4-24(20)36-27(21)26(35-19)17-7-9-18(10-8-17)28(31,32)33/h1-14,36H,15H2,(H,34,37)/b12-6+. The average Bonchev–Trinajstić information content (AvgIpc) is 3.26. The highest BCUT2D eigenvalue weighted by Crippen LogP contribution is 2.35. The van der Waals surface area contributed by atoms with Crippen molar-refractivity contribution in [2.45, 2.75) is 12.7 Å². The number of nitrogens with zero attached hydrogens (tertiary/aromatic N) is 1. The van der Waals surface area contributed by atoms with Gasteiger partial charge in [-0.1, -0.05) is 59.6 Å². The maximum absolute atomic E-state index is 13.1. The lowest BCUT2D eigenvalue weighted by atomic mass is 10.0. The molecule has 5 aromatic rings. The van der Waals surface area contributed by atoms with E-state index in [-0.39, 0.29) is 12.5 Å². The van der Waals surface area contributed by atoms with E-state index in [9.17, 15) is 18.0 Å². The largest absolute Gasteiger partial charge is 0.416 e. The fourth-order valence-electron chi connectivity index (χ4n) is 4.04. The zero-order valence-electron chi connectivity index (χ0n) is 19.0. The summed E-state index contributed by atoms with van der Waals surface area (Å²) in [6, 6.07) is 19.4. The molecule has 4 nitrogen and oxygen atoms in total. The van der Waals surface area contributed by atoms with Gasteiger partial charge < -0.3 is 10.3 Å². The van der Waals surface area contributed by atoms with Gasteiger partial charge in [0.05, 0.1) is 39.1 Å². The summed E-state index contributed by atoms with van der Waals surface area (Å²) in [5, 5.41) is 5.41. The first-order valence-corrected chi connectivity index (χ1v) is 11.9. The van der Waals surface area contributed by atoms with E-state index in [0.29, 0.717) is 38.1 Å². The number of H-pyrrole nitrogens is 1. The van der Waals surface area contributed by atoms with E-state index in [0.717, 1.165) is 28.4 Å². The van der Waals surface area contributed by atoms with Crippen LogP contribution in [0.3, 0.4) is 0 Å². The number of pyridine rings is 1. The number of aromatic nitrogens is 2. The summed E-state index contributed by atoms with van der Waals surface area (Å²) in [4.78, 5) is 20.5. The molecule has 0 saturated carbocycles. The van der Waals surface area contributed by atoms with Crippen LogP contribution in [0.5, 0.6) is 0 Å². The molecule has 0 saturated heterocycles. The number of hydrogen-bond donors (Lipinski definition) is 2. The third kappa shape index (κ3) is 5.33. The number of halogens is 5. The second-order valence-corrected chi connectivity index (χ2v) is 9.17. The van der Waals surface area contributed by atoms with E-state index < -0.39 is 11.7 Å². The lowest BCUT2D eigenvalue weighted by Gasteiger charge is -2.10. The van der Waals surface area contributed by atoms with E-state index in [1.165, 1.54) is 18.2 Å². The zero-order chi connectivity index (χ0) is 26.2. The van der Waals surface area contributed by atoms with Gasteiger partial charge in [0.1, 0.15) is 0 Å². The molecule has 2 heterocycles. The predicted molar refractivity (Wildman–Crippen MR) is 141 cm³/mol. The topological polar surface area (TPSA) is 57.8 Å². The predicted octanol–water partition coefficient (Wildman–Crippen LogP) is 8.04. The molecule has 0 fully saturated rings. The maximum Gasteiger partial charge on any atom is 0.416 e. The Kier molecular flexibility index (Phi) is 6.67. The van der Waals surface area contributed by atoms with Crippen molar-refractivity contribution in [3.8, 4) is 11.3 Å². The number of hydrogen-bond acceptors (Lipinski definition) is 2. The summed E-state index contributed by atoms with van der Waals surface area (Å²) in [7, 11) is 0. The molecule has 2 aromatic heterocycles. The van der Waals surface area contributed by atoms with Gasteiger partial charge in [0.25, 0.3) is 0 Å². The van der Waals surface area contributed by atoms with Crippen molar-refractivity contribution < 1.29 is 18.0 Å². The van der Waals surface area contributed by atoms with Gasteiger partial charge in [-0.2, -0.15) is 13.2 Å². The first-order chi connectivity index (χ1) is 17.7. The highest BCUT2D eigenvalue weighted by atomic mass is 35.5. The number of para-hydroxylation sites is 1. The van der Waals surface area contributed by atoms with E-state index in [1.54, 1.807) is 24.3 Å². The Morgan fingerprint density at radius 2 is 1.70 bits per heavy atom. The normalized spacial score (nSPS) is 12.0. The maximum atomic E-state index is 13.1. The van der Waals surface area contributed by atoms with Crippen LogP contribution in [0.2, 0.25) is 10.0 Å². The molecular formula is C28H18Cl2F3N3O. The fourth-order valence-corrected chi connectivity index (χ4v) is 4.35. The van der Waals surface area contributed by atoms with Crippen molar-refractivity contribution in [2.75, 3.05) is 0 Å². The van der Waals surface area contributed by atoms with Crippen LogP contribution in [0.25, 0.3) is 39.1 Å². The average molecular weight is 540 g/mol. The summed E-state index contributed by atoms with van der Waals surface area (Å²) < 4.78 is 39.3. The number of alkyl halides is 3. The van der Waals surface area contributed by atoms with Crippen LogP contribution >= 0.6 is 23.2 Å². The van der Waals surface area contributed by atoms with Crippen molar-refractivity contribution in [3.63, 3.8) is 0 Å². The van der Waals surface area contributed by atoms with Gasteiger partial charge in [-0.05, 0) is 48.0 Å². The zero-order valence-corrected chi connectivity index (χ0v) is 20.5. The molecule has 0 aliphatic heterocycles. The van der Waals surface area contributed by atoms with Crippen LogP contribution in [0, 0.1) is 0 Å². The molecule has 0 aliphatic carbocycles. The van der Waals surface area contributed by atoms with Gasteiger partial charge >= 0.3 is 6.18 Å². The third-order valence-corrected chi connectivity index (χ3v) is 6.59. The van der Waals surface area contributed by atoms with Crippen LogP contribution in [0.4, 0.5) is 13.2 Å². The molecule has 0 spiro atoms. The summed E-state index contributed by atoms with van der Waals surface area (Å²) in [5.74, 6) is -0.344. The fraction of sp³-hybridized carbons (Fsp3) is 0.0714. The van der Waals surface area contributed by atoms with Gasteiger partial charge in [-0.3, -0.25) is 4.79 Å². The highest BCUT2D eigenvalue weighted by molar-refractivity contribution is 6.42. The molecular weight excluding hydrogens is 522 g/mol. The van der Waals surface area contributed by atoms with Gasteiger partial charge in [0.15, 0.2) is 0 Å². The molecule has 0 unspecified atom stereocenters. The summed E-state index contributed by atoms with van der Waals surface area (Å²) >= 11 is 11.9. The van der Waals surface area contributed by atoms with E-state index >= 15 is 0 Å². The SMILES string of the molecule is O=C(/C=C/c1ccc(Cl)c(Cl)c1)NCc1cc2c([nH]c3ccccc32)c(-c2ccc(C(F)(F)F)cc2)n1. The monoisotopic (exact) mass is 539 g/mol. The Bertz CT molecular complexity index is 1660. The lowest BCUT2D eigenvalue weighted by molar-refractivity contribution is -0.137. The van der Waals surface area contributed by atoms with Crippen molar-refractivity contribution in [2.24, 2.45) is 0 Å². The summed E-state index contributed by atoms with van der Waals surface area (Å²) in [6.45, 7) is 0.119. The Morgan fingerprint density at radius 1 is 0.946 bits per heavy atom. The second-order valence-electron chi connectivity index (χ2n) is 8.36. The second kappa shape index (κ2) is 9.92. The van der Waals surface area contributed by atoms with Gasteiger partial charge in [0.2, 0.25) is 5.91 Å². The molecule has 0 atom stereocenters. The highest BCUT2D eigenvalue weighted by Gasteiger charge is 2.30. The van der Waals surface area contributed by atoms with Gasteiger partial charge in [-0.15, -0.1) is 0 Å². The number of aromatic amines is 1. The molecule has 0 bridgehead atoms. The van der Waals surface area contributed by atoms with E-state index in [1.807, 2.05) is 30.3 Å². The Morgan fingerprint density at radius 3 is 2.43 bits per heavy atom. The molecule has 0 aliphatic rings. The van der Waals surface area contributed by atoms with Crippen LogP contribution in [-0.4, -0.2) is 15.9 Å². The molecule has 0 radical (unpaired) electrons. The van der Waals surface area contributed by atoms with Crippen LogP contribution in [0.1, 0.15) is 16.8 Å². The number of rotatable bonds is 5. The third-order valence-electron chi connectivity index (χ3n) is 5.85. The molecule has 9 heteroatoms. The van der Waals surface area contributed by atoms with Gasteiger partial charge in [0, 0.05) is 27.9 Å². The van der Waals surface area contributed by atoms with Crippen LogP contribution < -0.4 is 5.32 Å². The molecule has 2 N–H and O–H groups in total. The quantitative estimate of drug-likeness (QED) is 0.222. The van der Waals surface area contributed by atoms with Crippen LogP contribution in [0.15, 0.2) is 78.9 Å². The van der Waals surface area contributed by atoms with Crippen LogP contribution in [-0.2, 0) is 17.5 Å². The van der Waals surface area contributed by atoms with E-state index in [4.69, 9.17) is 23.2 Å². The molecule has 186 valence electrons. The number of nitrogens with one attached hydrogen (secondary N) is 2. The molecule has 3 aromatic carbocycles. The minimum absolute atomic E-state index is 0.119. The summed E-state index contributed by atoms with van der Waals surface area (Å²) in [5.41, 5.74) is 3.14. The number of carbonyl (C=O) groups is 1. The number of carbonyl (C=O) groups excluding carboxylic acids is 1. The van der Waals surface area contributed by atoms with Gasteiger partial charge in [-0.25, -0.2) is 4.98 Å². The Hall–Kier alpha value is -3.81. The minimum Gasteiger partial charge on any atom is -0.353 e. The Labute approximate surface area is 219 Å². The number of benzene rings is 3. The van der Waals surface area contributed by atoms with Crippen molar-refractivity contribution in [3.05, 3.63) is 106 Å². The first-order valence-electron chi connectivity index (χ1n) is 11.2. The van der Waals surface area contributed by atoms with Crippen molar-refractivity contribution >= 4 is 57.0 Å². The number of fused-ring (bicyclic) bond motifs is 3. The molecule has 1 amide bonds. The first kappa shape index (κ1) is 24.9. The lowest BCUT2D eigenvalue weighted by Crippen LogP contribution is -2.21. The minimum atomic E-state index is -4.43. The Balaban J connectivity index is 1.46. The van der Waals surface area contributed by atoms with Crippen molar-refractivity contribution in [1.82, 2.24) is 15.3 Å². The number of amides is 1. The van der Waals surface area contributed by atoms with E-state index in [2.05, 4.69) is 15.3 Å². The summed E-state index contributed by atoms with van der Waals surface area (Å²) in [6.07, 6.45) is -1.44. The molecule has 5 rings (SSSR count). The van der Waals surface area contributed by atoms with Crippen molar-refractivity contribution in [1.29, 1.82) is 0 Å². The molecule has 37 heavy (non-hydrogen) atoms.